The van der Waals surface area contributed by atoms with Gasteiger partial charge in [0.25, 0.3) is 0 Å². The second-order valence-electron chi connectivity index (χ2n) is 5.05. The minimum Gasteiger partial charge on any atom is -0.393 e. The van der Waals surface area contributed by atoms with Gasteiger partial charge in [0.2, 0.25) is 5.91 Å². The highest BCUT2D eigenvalue weighted by molar-refractivity contribution is 7.22. The number of halogens is 1. The molecule has 1 atom stereocenters. The van der Waals surface area contributed by atoms with Crippen LogP contribution < -0.4 is 5.32 Å². The quantitative estimate of drug-likeness (QED) is 0.857. The molecule has 2 rings (SSSR count). The van der Waals surface area contributed by atoms with E-state index < -0.39 is 0 Å². The van der Waals surface area contributed by atoms with Crippen LogP contribution in [0.25, 0.3) is 10.2 Å². The number of anilines is 1. The molecule has 1 heterocycles. The van der Waals surface area contributed by atoms with E-state index in [1.165, 1.54) is 23.5 Å². The van der Waals surface area contributed by atoms with Gasteiger partial charge in [-0.1, -0.05) is 11.3 Å². The van der Waals surface area contributed by atoms with Gasteiger partial charge in [-0.2, -0.15) is 0 Å². The smallest absolute Gasteiger partial charge is 0.240 e. The van der Waals surface area contributed by atoms with E-state index >= 15 is 0 Å². The zero-order valence-corrected chi connectivity index (χ0v) is 12.8. The molecule has 0 bridgehead atoms. The molecule has 114 valence electrons. The number of rotatable bonds is 6. The molecule has 1 aromatic carbocycles. The fraction of sp³-hybridized carbons (Fsp3) is 0.429. The maximum Gasteiger partial charge on any atom is 0.240 e. The third-order valence-corrected chi connectivity index (χ3v) is 3.87. The Bertz CT molecular complexity index is 630. The zero-order valence-electron chi connectivity index (χ0n) is 12.0. The number of thiazole rings is 1. The average molecular weight is 311 g/mol. The first-order valence-electron chi connectivity index (χ1n) is 6.66. The highest BCUT2D eigenvalue weighted by Crippen LogP contribution is 2.26. The molecule has 0 saturated carbocycles. The van der Waals surface area contributed by atoms with Gasteiger partial charge < -0.3 is 10.4 Å². The minimum atomic E-state index is -0.380. The number of amides is 1. The van der Waals surface area contributed by atoms with Crippen LogP contribution in [0.4, 0.5) is 9.52 Å². The normalized spacial score (nSPS) is 12.8. The molecule has 0 aliphatic rings. The first-order chi connectivity index (χ1) is 9.94. The van der Waals surface area contributed by atoms with Crippen LogP contribution in [-0.4, -0.2) is 47.1 Å². The molecule has 2 aromatic rings. The SMILES string of the molecule is CC(O)CCN(C)CC(=O)Nc1nc2ccc(F)cc2s1. The summed E-state index contributed by atoms with van der Waals surface area (Å²) in [5, 5.41) is 12.4. The second-order valence-corrected chi connectivity index (χ2v) is 6.09. The molecule has 21 heavy (non-hydrogen) atoms. The van der Waals surface area contributed by atoms with E-state index in [1.54, 1.807) is 13.0 Å². The van der Waals surface area contributed by atoms with E-state index in [0.717, 1.165) is 0 Å². The van der Waals surface area contributed by atoms with E-state index in [0.29, 0.717) is 28.3 Å². The van der Waals surface area contributed by atoms with Crippen LogP contribution in [0.2, 0.25) is 0 Å². The van der Waals surface area contributed by atoms with E-state index in [4.69, 9.17) is 0 Å². The van der Waals surface area contributed by atoms with Crippen LogP contribution in [-0.2, 0) is 4.79 Å². The number of nitrogens with zero attached hydrogens (tertiary/aromatic N) is 2. The summed E-state index contributed by atoms with van der Waals surface area (Å²) in [5.74, 6) is -0.496. The van der Waals surface area contributed by atoms with Crippen molar-refractivity contribution < 1.29 is 14.3 Å². The van der Waals surface area contributed by atoms with Crippen molar-refractivity contribution in [1.29, 1.82) is 0 Å². The van der Waals surface area contributed by atoms with Crippen molar-refractivity contribution in [2.24, 2.45) is 0 Å². The molecule has 7 heteroatoms. The molecule has 0 saturated heterocycles. The van der Waals surface area contributed by atoms with Gasteiger partial charge in [-0.15, -0.1) is 0 Å². The second kappa shape index (κ2) is 6.93. The minimum absolute atomic E-state index is 0.178. The summed E-state index contributed by atoms with van der Waals surface area (Å²) < 4.78 is 13.8. The summed E-state index contributed by atoms with van der Waals surface area (Å²) in [6, 6.07) is 4.33. The molecule has 0 aliphatic carbocycles. The molecule has 0 aliphatic heterocycles. The summed E-state index contributed by atoms with van der Waals surface area (Å²) in [7, 11) is 1.82. The predicted molar refractivity (Wildman–Crippen MR) is 82.0 cm³/mol. The number of likely N-dealkylation sites (N-methyl/N-ethyl adjacent to an activating group) is 1. The average Bonchev–Trinajstić information content (AvgIpc) is 2.77. The number of aliphatic hydroxyl groups is 1. The number of carbonyl (C=O) groups is 1. The number of aromatic nitrogens is 1. The molecule has 1 unspecified atom stereocenters. The van der Waals surface area contributed by atoms with Crippen molar-refractivity contribution >= 4 is 32.6 Å². The Morgan fingerprint density at radius 3 is 3.05 bits per heavy atom. The summed E-state index contributed by atoms with van der Waals surface area (Å²) >= 11 is 1.24. The van der Waals surface area contributed by atoms with E-state index in [2.05, 4.69) is 10.3 Å². The van der Waals surface area contributed by atoms with Crippen molar-refractivity contribution in [2.45, 2.75) is 19.4 Å². The lowest BCUT2D eigenvalue weighted by atomic mass is 10.3. The highest BCUT2D eigenvalue weighted by atomic mass is 32.1. The lowest BCUT2D eigenvalue weighted by Crippen LogP contribution is -2.31. The number of hydrogen-bond acceptors (Lipinski definition) is 5. The van der Waals surface area contributed by atoms with Crippen LogP contribution in [0, 0.1) is 5.82 Å². The number of fused-ring (bicyclic) bond motifs is 1. The van der Waals surface area contributed by atoms with Crippen LogP contribution in [0.1, 0.15) is 13.3 Å². The highest BCUT2D eigenvalue weighted by Gasteiger charge is 2.11. The Kier molecular flexibility index (Phi) is 5.22. The molecule has 0 fully saturated rings. The van der Waals surface area contributed by atoms with Gasteiger partial charge >= 0.3 is 0 Å². The molecule has 2 N–H and O–H groups in total. The van der Waals surface area contributed by atoms with Gasteiger partial charge in [0.1, 0.15) is 5.82 Å². The van der Waals surface area contributed by atoms with E-state index in [1.807, 2.05) is 11.9 Å². The number of aliphatic hydroxyl groups excluding tert-OH is 1. The fourth-order valence-electron chi connectivity index (χ4n) is 1.84. The molecule has 5 nitrogen and oxygen atoms in total. The van der Waals surface area contributed by atoms with Crippen LogP contribution in [0.3, 0.4) is 0 Å². The Hall–Kier alpha value is -1.57. The zero-order chi connectivity index (χ0) is 15.4. The Morgan fingerprint density at radius 1 is 1.57 bits per heavy atom. The Morgan fingerprint density at radius 2 is 2.33 bits per heavy atom. The van der Waals surface area contributed by atoms with Crippen LogP contribution in [0.15, 0.2) is 18.2 Å². The number of carbonyl (C=O) groups excluding carboxylic acids is 1. The molecule has 0 spiro atoms. The van der Waals surface area contributed by atoms with Crippen molar-refractivity contribution in [3.8, 4) is 0 Å². The molecular formula is C14H18FN3O2S. The standard InChI is InChI=1S/C14H18FN3O2S/c1-9(19)5-6-18(2)8-13(20)17-14-16-11-4-3-10(15)7-12(11)21-14/h3-4,7,9,19H,5-6,8H2,1-2H3,(H,16,17,20). The Labute approximate surface area is 126 Å². The summed E-state index contributed by atoms with van der Waals surface area (Å²) in [5.41, 5.74) is 0.666. The first-order valence-corrected chi connectivity index (χ1v) is 7.48. The number of hydrogen-bond donors (Lipinski definition) is 2. The van der Waals surface area contributed by atoms with Crippen molar-refractivity contribution in [3.05, 3.63) is 24.0 Å². The van der Waals surface area contributed by atoms with Crippen molar-refractivity contribution in [2.75, 3.05) is 25.5 Å². The van der Waals surface area contributed by atoms with Crippen LogP contribution >= 0.6 is 11.3 Å². The van der Waals surface area contributed by atoms with Gasteiger partial charge in [-0.05, 0) is 38.6 Å². The largest absolute Gasteiger partial charge is 0.393 e. The van der Waals surface area contributed by atoms with Crippen molar-refractivity contribution in [1.82, 2.24) is 9.88 Å². The van der Waals surface area contributed by atoms with Gasteiger partial charge in [-0.3, -0.25) is 9.69 Å². The maximum atomic E-state index is 13.1. The lowest BCUT2D eigenvalue weighted by Gasteiger charge is -2.16. The fourth-order valence-corrected chi connectivity index (χ4v) is 2.75. The molecular weight excluding hydrogens is 293 g/mol. The molecule has 1 aromatic heterocycles. The topological polar surface area (TPSA) is 65.5 Å². The third kappa shape index (κ3) is 4.73. The summed E-state index contributed by atoms with van der Waals surface area (Å²) in [6.07, 6.45) is 0.235. The van der Waals surface area contributed by atoms with Gasteiger partial charge in [0.15, 0.2) is 5.13 Å². The predicted octanol–water partition coefficient (Wildman–Crippen LogP) is 2.08. The third-order valence-electron chi connectivity index (χ3n) is 2.94. The monoisotopic (exact) mass is 311 g/mol. The lowest BCUT2D eigenvalue weighted by molar-refractivity contribution is -0.117. The van der Waals surface area contributed by atoms with E-state index in [9.17, 15) is 14.3 Å². The Balaban J connectivity index is 1.92. The molecule has 1 amide bonds. The van der Waals surface area contributed by atoms with E-state index in [-0.39, 0.29) is 24.4 Å². The number of nitrogens with one attached hydrogen (secondary N) is 1. The molecule has 0 radical (unpaired) electrons. The first kappa shape index (κ1) is 15.8. The van der Waals surface area contributed by atoms with Crippen molar-refractivity contribution in [3.63, 3.8) is 0 Å². The summed E-state index contributed by atoms with van der Waals surface area (Å²) in [4.78, 5) is 18.0. The summed E-state index contributed by atoms with van der Waals surface area (Å²) in [6.45, 7) is 2.57. The van der Waals surface area contributed by atoms with Gasteiger partial charge in [0.05, 0.1) is 22.9 Å². The number of benzene rings is 1. The van der Waals surface area contributed by atoms with Crippen LogP contribution in [0.5, 0.6) is 0 Å². The van der Waals surface area contributed by atoms with Gasteiger partial charge in [0, 0.05) is 6.54 Å². The van der Waals surface area contributed by atoms with Gasteiger partial charge in [-0.25, -0.2) is 9.37 Å². The maximum absolute atomic E-state index is 13.1.